The number of carbonyl (C=O) groups excluding carboxylic acids is 2. The fourth-order valence-electron chi connectivity index (χ4n) is 2.97. The molecule has 1 aromatic rings. The zero-order valence-electron chi connectivity index (χ0n) is 15.6. The first kappa shape index (κ1) is 20.6. The van der Waals surface area contributed by atoms with Gasteiger partial charge in [0, 0.05) is 26.1 Å². The van der Waals surface area contributed by atoms with Crippen molar-refractivity contribution in [1.82, 2.24) is 9.80 Å². The van der Waals surface area contributed by atoms with Gasteiger partial charge in [-0.1, -0.05) is 30.0 Å². The molecule has 0 saturated carbocycles. The van der Waals surface area contributed by atoms with Crippen molar-refractivity contribution in [3.05, 3.63) is 28.7 Å². The Bertz CT molecular complexity index is 812. The van der Waals surface area contributed by atoms with Crippen LogP contribution in [0.5, 0.6) is 11.5 Å². The van der Waals surface area contributed by atoms with E-state index in [4.69, 9.17) is 26.8 Å². The molecule has 2 amide bonds. The maximum Gasteiger partial charge on any atom is 0.266 e. The normalized spacial score (nSPS) is 16.9. The first-order valence-electron chi connectivity index (χ1n) is 9.07. The van der Waals surface area contributed by atoms with E-state index in [-0.39, 0.29) is 25.2 Å². The van der Waals surface area contributed by atoms with Crippen LogP contribution in [0.4, 0.5) is 0 Å². The van der Waals surface area contributed by atoms with Crippen molar-refractivity contribution in [2.24, 2.45) is 0 Å². The van der Waals surface area contributed by atoms with E-state index in [1.807, 2.05) is 25.1 Å². The molecule has 0 bridgehead atoms. The molecule has 0 aromatic heterocycles. The van der Waals surface area contributed by atoms with Crippen LogP contribution in [0.1, 0.15) is 25.3 Å². The summed E-state index contributed by atoms with van der Waals surface area (Å²) in [5.74, 6) is 1.17. The first-order valence-corrected chi connectivity index (χ1v) is 10.3. The maximum absolute atomic E-state index is 12.7. The highest BCUT2D eigenvalue weighted by atomic mass is 32.2. The molecule has 28 heavy (non-hydrogen) atoms. The molecular formula is C19H22N2O5S2. The zero-order valence-corrected chi connectivity index (χ0v) is 17.2. The Labute approximate surface area is 173 Å². The average Bonchev–Trinajstić information content (AvgIpc) is 3.25. The molecule has 1 aromatic carbocycles. The Morgan fingerprint density at radius 1 is 1.39 bits per heavy atom. The molecule has 0 atom stereocenters. The number of fused-ring (bicyclic) bond motifs is 1. The lowest BCUT2D eigenvalue weighted by molar-refractivity contribution is -0.132. The van der Waals surface area contributed by atoms with E-state index >= 15 is 0 Å². The second kappa shape index (κ2) is 9.40. The maximum atomic E-state index is 12.7. The second-order valence-corrected chi connectivity index (χ2v) is 7.92. The van der Waals surface area contributed by atoms with Crippen LogP contribution in [0.15, 0.2) is 23.1 Å². The van der Waals surface area contributed by atoms with Crippen LogP contribution in [-0.2, 0) is 9.59 Å². The van der Waals surface area contributed by atoms with Gasteiger partial charge in [0.1, 0.15) is 4.32 Å². The Kier molecular flexibility index (Phi) is 6.93. The third-order valence-electron chi connectivity index (χ3n) is 4.44. The predicted octanol–water partition coefficient (Wildman–Crippen LogP) is 2.24. The molecule has 7 nitrogen and oxygen atoms in total. The van der Waals surface area contributed by atoms with Crippen LogP contribution < -0.4 is 9.47 Å². The zero-order chi connectivity index (χ0) is 20.1. The summed E-state index contributed by atoms with van der Waals surface area (Å²) in [5.41, 5.74) is 0.836. The van der Waals surface area contributed by atoms with Gasteiger partial charge in [0.2, 0.25) is 12.7 Å². The molecule has 9 heteroatoms. The van der Waals surface area contributed by atoms with Crippen LogP contribution >= 0.6 is 24.0 Å². The molecule has 0 radical (unpaired) electrons. The molecule has 1 saturated heterocycles. The molecule has 3 rings (SSSR count). The molecule has 2 aliphatic heterocycles. The quantitative estimate of drug-likeness (QED) is 0.508. The van der Waals surface area contributed by atoms with Gasteiger partial charge in [-0.25, -0.2) is 0 Å². The minimum Gasteiger partial charge on any atom is -0.454 e. The van der Waals surface area contributed by atoms with Gasteiger partial charge in [-0.2, -0.15) is 0 Å². The summed E-state index contributed by atoms with van der Waals surface area (Å²) in [6, 6.07) is 5.50. The van der Waals surface area contributed by atoms with Gasteiger partial charge in [-0.15, -0.1) is 0 Å². The number of ether oxygens (including phenoxy) is 2. The van der Waals surface area contributed by atoms with E-state index in [1.54, 1.807) is 11.0 Å². The topological polar surface area (TPSA) is 79.3 Å². The van der Waals surface area contributed by atoms with Gasteiger partial charge in [0.25, 0.3) is 5.91 Å². The molecule has 150 valence electrons. The van der Waals surface area contributed by atoms with Gasteiger partial charge in [0.05, 0.1) is 11.5 Å². The summed E-state index contributed by atoms with van der Waals surface area (Å²) in [4.78, 5) is 28.5. The molecule has 0 aliphatic carbocycles. The summed E-state index contributed by atoms with van der Waals surface area (Å²) in [6.45, 7) is 3.29. The van der Waals surface area contributed by atoms with E-state index in [0.717, 1.165) is 5.56 Å². The standard InChI is InChI=1S/C19H22N2O5S2/c1-2-20(8-9-22)17(23)4-3-7-21-18(24)16(28-19(21)27)11-13-5-6-14-15(10-13)26-12-25-14/h5-6,10-11,22H,2-4,7-9,12H2,1H3. The largest absolute Gasteiger partial charge is 0.454 e. The highest BCUT2D eigenvalue weighted by Crippen LogP contribution is 2.36. The summed E-state index contributed by atoms with van der Waals surface area (Å²) < 4.78 is 11.1. The van der Waals surface area contributed by atoms with Crippen LogP contribution in [0.3, 0.4) is 0 Å². The number of benzene rings is 1. The SMILES string of the molecule is CCN(CCO)C(=O)CCCN1C(=O)C(=Cc2ccc3c(c2)OCO3)SC1=S. The van der Waals surface area contributed by atoms with Crippen LogP contribution in [0.25, 0.3) is 6.08 Å². The summed E-state index contributed by atoms with van der Waals surface area (Å²) in [6.07, 6.45) is 2.61. The first-order chi connectivity index (χ1) is 13.5. The number of thiocarbonyl (C=S) groups is 1. The summed E-state index contributed by atoms with van der Waals surface area (Å²) >= 11 is 6.60. The predicted molar refractivity (Wildman–Crippen MR) is 111 cm³/mol. The molecule has 2 heterocycles. The van der Waals surface area contributed by atoms with Gasteiger partial charge >= 0.3 is 0 Å². The lowest BCUT2D eigenvalue weighted by atomic mass is 10.2. The van der Waals surface area contributed by atoms with E-state index in [1.165, 1.54) is 16.7 Å². The number of aliphatic hydroxyl groups is 1. The smallest absolute Gasteiger partial charge is 0.266 e. The number of thioether (sulfide) groups is 1. The van der Waals surface area contributed by atoms with Crippen LogP contribution in [0, 0.1) is 0 Å². The van der Waals surface area contributed by atoms with Crippen LogP contribution in [-0.4, -0.2) is 64.1 Å². The third-order valence-corrected chi connectivity index (χ3v) is 5.82. The molecule has 0 spiro atoms. The Hall–Kier alpha value is -2.10. The van der Waals surface area contributed by atoms with Gasteiger partial charge in [-0.05, 0) is 37.1 Å². The minimum absolute atomic E-state index is 0.0297. The third kappa shape index (κ3) is 4.65. The molecule has 1 N–H and O–H groups in total. The van der Waals surface area contributed by atoms with E-state index in [0.29, 0.717) is 53.2 Å². The van der Waals surface area contributed by atoms with Gasteiger partial charge in [0.15, 0.2) is 11.5 Å². The molecule has 1 fully saturated rings. The number of hydrogen-bond acceptors (Lipinski definition) is 7. The number of hydrogen-bond donors (Lipinski definition) is 1. The van der Waals surface area contributed by atoms with Crippen molar-refractivity contribution < 1.29 is 24.2 Å². The Morgan fingerprint density at radius 2 is 2.18 bits per heavy atom. The number of nitrogens with zero attached hydrogens (tertiary/aromatic N) is 2. The number of rotatable bonds is 8. The second-order valence-electron chi connectivity index (χ2n) is 6.25. The molecule has 0 unspecified atom stereocenters. The Balaban J connectivity index is 1.58. The highest BCUT2D eigenvalue weighted by Gasteiger charge is 2.31. The van der Waals surface area contributed by atoms with Crippen molar-refractivity contribution in [2.75, 3.05) is 33.0 Å². The fourth-order valence-corrected chi connectivity index (χ4v) is 4.28. The highest BCUT2D eigenvalue weighted by molar-refractivity contribution is 8.26. The number of amides is 2. The van der Waals surface area contributed by atoms with Gasteiger partial charge < -0.3 is 19.5 Å². The van der Waals surface area contributed by atoms with E-state index in [9.17, 15) is 9.59 Å². The molecular weight excluding hydrogens is 400 g/mol. The van der Waals surface area contributed by atoms with E-state index < -0.39 is 0 Å². The summed E-state index contributed by atoms with van der Waals surface area (Å²) in [5, 5.41) is 9.00. The minimum atomic E-state index is -0.150. The van der Waals surface area contributed by atoms with Crippen molar-refractivity contribution in [3.63, 3.8) is 0 Å². The fraction of sp³-hybridized carbons (Fsp3) is 0.421. The van der Waals surface area contributed by atoms with E-state index in [2.05, 4.69) is 0 Å². The lowest BCUT2D eigenvalue weighted by Gasteiger charge is -2.20. The Morgan fingerprint density at radius 3 is 2.93 bits per heavy atom. The van der Waals surface area contributed by atoms with Crippen molar-refractivity contribution >= 4 is 46.2 Å². The number of likely N-dealkylation sites (N-methyl/N-ethyl adjacent to an activating group) is 1. The average molecular weight is 423 g/mol. The van der Waals surface area contributed by atoms with Crippen LogP contribution in [0.2, 0.25) is 0 Å². The number of carbonyl (C=O) groups is 2. The van der Waals surface area contributed by atoms with Crippen molar-refractivity contribution in [2.45, 2.75) is 19.8 Å². The monoisotopic (exact) mass is 422 g/mol. The molecule has 2 aliphatic rings. The summed E-state index contributed by atoms with van der Waals surface area (Å²) in [7, 11) is 0. The van der Waals surface area contributed by atoms with Gasteiger partial charge in [-0.3, -0.25) is 14.5 Å². The lowest BCUT2D eigenvalue weighted by Crippen LogP contribution is -2.34. The van der Waals surface area contributed by atoms with Crippen molar-refractivity contribution in [3.8, 4) is 11.5 Å². The number of aliphatic hydroxyl groups excluding tert-OH is 1. The van der Waals surface area contributed by atoms with Crippen molar-refractivity contribution in [1.29, 1.82) is 0 Å².